The molecule has 0 aliphatic rings. The Morgan fingerprint density at radius 1 is 1.25 bits per heavy atom. The second kappa shape index (κ2) is 4.41. The van der Waals surface area contributed by atoms with Crippen LogP contribution in [0, 0.1) is 6.92 Å². The number of aromatic nitrogens is 1. The van der Waals surface area contributed by atoms with Gasteiger partial charge in [0.1, 0.15) is 5.75 Å². The molecule has 1 aromatic heterocycles. The fourth-order valence-corrected chi connectivity index (χ4v) is 1.47. The zero-order valence-corrected chi connectivity index (χ0v) is 9.53. The number of anilines is 1. The minimum atomic E-state index is 0.554. The first kappa shape index (κ1) is 10.8. The first-order valence-corrected chi connectivity index (χ1v) is 5.18. The lowest BCUT2D eigenvalue weighted by Crippen LogP contribution is -1.92. The van der Waals surface area contributed by atoms with Crippen molar-refractivity contribution in [1.82, 2.24) is 4.98 Å². The summed E-state index contributed by atoms with van der Waals surface area (Å²) in [5.41, 5.74) is 7.22. The lowest BCUT2D eigenvalue weighted by atomic mass is 10.3. The second-order valence-corrected chi connectivity index (χ2v) is 3.85. The fourth-order valence-electron chi connectivity index (χ4n) is 1.31. The van der Waals surface area contributed by atoms with Gasteiger partial charge in [0.05, 0.1) is 5.69 Å². The van der Waals surface area contributed by atoms with Gasteiger partial charge in [-0.15, -0.1) is 0 Å². The van der Waals surface area contributed by atoms with Crippen LogP contribution in [0.3, 0.4) is 0 Å². The average molecular weight is 235 g/mol. The first-order chi connectivity index (χ1) is 7.65. The van der Waals surface area contributed by atoms with E-state index in [2.05, 4.69) is 4.98 Å². The number of nitrogens with zero attached hydrogens (tertiary/aromatic N) is 1. The van der Waals surface area contributed by atoms with Crippen LogP contribution < -0.4 is 10.5 Å². The Balaban J connectivity index is 2.30. The van der Waals surface area contributed by atoms with Crippen molar-refractivity contribution in [3.05, 3.63) is 47.2 Å². The number of pyridine rings is 1. The molecule has 1 aromatic carbocycles. The maximum absolute atomic E-state index is 5.87. The third-order valence-electron chi connectivity index (χ3n) is 2.07. The Morgan fingerprint density at radius 3 is 2.81 bits per heavy atom. The topological polar surface area (TPSA) is 48.1 Å². The summed E-state index contributed by atoms with van der Waals surface area (Å²) in [5, 5.41) is 0.593. The molecule has 0 atom stereocenters. The summed E-state index contributed by atoms with van der Waals surface area (Å²) < 4.78 is 5.62. The Morgan fingerprint density at radius 2 is 2.06 bits per heavy atom. The van der Waals surface area contributed by atoms with Crippen molar-refractivity contribution >= 4 is 17.3 Å². The highest BCUT2D eigenvalue weighted by Gasteiger charge is 2.03. The standard InChI is InChI=1S/C12H11ClN2O/c1-8-6-10(4-5-15-8)16-12-7-9(13)2-3-11(12)14/h2-7H,14H2,1H3. The van der Waals surface area contributed by atoms with Crippen molar-refractivity contribution in [2.75, 3.05) is 5.73 Å². The quantitative estimate of drug-likeness (QED) is 0.810. The number of hydrogen-bond acceptors (Lipinski definition) is 3. The van der Waals surface area contributed by atoms with Crippen molar-refractivity contribution in [2.24, 2.45) is 0 Å². The monoisotopic (exact) mass is 234 g/mol. The SMILES string of the molecule is Cc1cc(Oc2cc(Cl)ccc2N)ccn1. The molecule has 3 nitrogen and oxygen atoms in total. The number of benzene rings is 1. The van der Waals surface area contributed by atoms with Gasteiger partial charge in [-0.3, -0.25) is 4.98 Å². The minimum absolute atomic E-state index is 0.554. The molecule has 2 N–H and O–H groups in total. The van der Waals surface area contributed by atoms with Gasteiger partial charge in [0.15, 0.2) is 5.75 Å². The molecule has 0 spiro atoms. The Bertz CT molecular complexity index is 514. The zero-order valence-electron chi connectivity index (χ0n) is 8.77. The van der Waals surface area contributed by atoms with Crippen LogP contribution in [0.25, 0.3) is 0 Å². The summed E-state index contributed by atoms with van der Waals surface area (Å²) >= 11 is 5.87. The molecule has 0 saturated heterocycles. The van der Waals surface area contributed by atoms with Gasteiger partial charge in [0.25, 0.3) is 0 Å². The van der Waals surface area contributed by atoms with Crippen LogP contribution in [0.15, 0.2) is 36.5 Å². The summed E-state index contributed by atoms with van der Waals surface area (Å²) in [6.07, 6.45) is 1.69. The number of rotatable bonds is 2. The van der Waals surface area contributed by atoms with E-state index in [1.165, 1.54) is 0 Å². The normalized spacial score (nSPS) is 10.1. The van der Waals surface area contributed by atoms with Gasteiger partial charge in [-0.05, 0) is 25.1 Å². The number of hydrogen-bond donors (Lipinski definition) is 1. The highest BCUT2D eigenvalue weighted by molar-refractivity contribution is 6.30. The molecule has 0 bridgehead atoms. The molecule has 82 valence electrons. The first-order valence-electron chi connectivity index (χ1n) is 4.81. The number of ether oxygens (including phenoxy) is 1. The minimum Gasteiger partial charge on any atom is -0.455 e. The van der Waals surface area contributed by atoms with Crippen LogP contribution in [0.2, 0.25) is 5.02 Å². The van der Waals surface area contributed by atoms with E-state index in [0.717, 1.165) is 5.69 Å². The molecule has 0 amide bonds. The van der Waals surface area contributed by atoms with E-state index >= 15 is 0 Å². The molecule has 0 fully saturated rings. The Hall–Kier alpha value is -1.74. The predicted molar refractivity (Wildman–Crippen MR) is 64.9 cm³/mol. The van der Waals surface area contributed by atoms with E-state index in [-0.39, 0.29) is 0 Å². The predicted octanol–water partition coefficient (Wildman–Crippen LogP) is 3.42. The number of nitrogen functional groups attached to an aromatic ring is 1. The third-order valence-corrected chi connectivity index (χ3v) is 2.31. The van der Waals surface area contributed by atoms with E-state index in [4.69, 9.17) is 22.1 Å². The Kier molecular flexibility index (Phi) is 2.97. The summed E-state index contributed by atoms with van der Waals surface area (Å²) in [7, 11) is 0. The molecule has 0 radical (unpaired) electrons. The molecule has 0 aliphatic heterocycles. The molecular weight excluding hydrogens is 224 g/mol. The molecule has 2 aromatic rings. The van der Waals surface area contributed by atoms with Crippen molar-refractivity contribution in [3.8, 4) is 11.5 Å². The molecular formula is C12H11ClN2O. The molecule has 0 aliphatic carbocycles. The van der Waals surface area contributed by atoms with Gasteiger partial charge in [-0.25, -0.2) is 0 Å². The number of aryl methyl sites for hydroxylation is 1. The van der Waals surface area contributed by atoms with E-state index in [0.29, 0.717) is 22.2 Å². The number of halogens is 1. The van der Waals surface area contributed by atoms with Gasteiger partial charge in [-0.1, -0.05) is 11.6 Å². The van der Waals surface area contributed by atoms with Gasteiger partial charge in [0.2, 0.25) is 0 Å². The molecule has 0 saturated carbocycles. The molecule has 4 heteroatoms. The molecule has 0 unspecified atom stereocenters. The number of nitrogens with two attached hydrogens (primary N) is 1. The van der Waals surface area contributed by atoms with Crippen LogP contribution >= 0.6 is 11.6 Å². The van der Waals surface area contributed by atoms with Gasteiger partial charge in [0, 0.05) is 29.0 Å². The van der Waals surface area contributed by atoms with Crippen LogP contribution in [0.5, 0.6) is 11.5 Å². The van der Waals surface area contributed by atoms with Crippen LogP contribution in [0.1, 0.15) is 5.69 Å². The maximum Gasteiger partial charge on any atom is 0.151 e. The Labute approximate surface area is 98.8 Å². The maximum atomic E-state index is 5.87. The van der Waals surface area contributed by atoms with E-state index in [1.54, 1.807) is 30.5 Å². The van der Waals surface area contributed by atoms with Crippen molar-refractivity contribution in [1.29, 1.82) is 0 Å². The third kappa shape index (κ3) is 2.44. The molecule has 16 heavy (non-hydrogen) atoms. The van der Waals surface area contributed by atoms with Crippen molar-refractivity contribution in [2.45, 2.75) is 6.92 Å². The largest absolute Gasteiger partial charge is 0.455 e. The molecule has 2 rings (SSSR count). The zero-order chi connectivity index (χ0) is 11.5. The average Bonchev–Trinajstić information content (AvgIpc) is 2.24. The smallest absolute Gasteiger partial charge is 0.151 e. The lowest BCUT2D eigenvalue weighted by Gasteiger charge is -2.08. The van der Waals surface area contributed by atoms with Gasteiger partial charge in [-0.2, -0.15) is 0 Å². The molecule has 1 heterocycles. The van der Waals surface area contributed by atoms with E-state index in [1.807, 2.05) is 13.0 Å². The second-order valence-electron chi connectivity index (χ2n) is 3.42. The van der Waals surface area contributed by atoms with Crippen molar-refractivity contribution in [3.63, 3.8) is 0 Å². The van der Waals surface area contributed by atoms with E-state index in [9.17, 15) is 0 Å². The highest BCUT2D eigenvalue weighted by Crippen LogP contribution is 2.29. The summed E-state index contributed by atoms with van der Waals surface area (Å²) in [6, 6.07) is 8.73. The van der Waals surface area contributed by atoms with Crippen LogP contribution in [-0.2, 0) is 0 Å². The summed E-state index contributed by atoms with van der Waals surface area (Å²) in [5.74, 6) is 1.25. The fraction of sp³-hybridized carbons (Fsp3) is 0.0833. The van der Waals surface area contributed by atoms with E-state index < -0.39 is 0 Å². The summed E-state index contributed by atoms with van der Waals surface area (Å²) in [4.78, 5) is 4.08. The van der Waals surface area contributed by atoms with Crippen LogP contribution in [0.4, 0.5) is 5.69 Å². The summed E-state index contributed by atoms with van der Waals surface area (Å²) in [6.45, 7) is 1.90. The van der Waals surface area contributed by atoms with Gasteiger partial charge < -0.3 is 10.5 Å². The highest BCUT2D eigenvalue weighted by atomic mass is 35.5. The van der Waals surface area contributed by atoms with Gasteiger partial charge >= 0.3 is 0 Å². The van der Waals surface area contributed by atoms with Crippen LogP contribution in [-0.4, -0.2) is 4.98 Å². The van der Waals surface area contributed by atoms with Crippen molar-refractivity contribution < 1.29 is 4.74 Å². The lowest BCUT2D eigenvalue weighted by molar-refractivity contribution is 0.484.